The zero-order chi connectivity index (χ0) is 22.1. The maximum Gasteiger partial charge on any atom is 0.244 e. The highest BCUT2D eigenvalue weighted by Crippen LogP contribution is 2.26. The Balaban J connectivity index is 1.53. The number of nitrogens with one attached hydrogen (secondary N) is 2. The summed E-state index contributed by atoms with van der Waals surface area (Å²) in [5, 5.41) is 5.98. The van der Waals surface area contributed by atoms with Crippen molar-refractivity contribution in [2.75, 3.05) is 6.54 Å². The third-order valence-corrected chi connectivity index (χ3v) is 6.12. The van der Waals surface area contributed by atoms with Crippen molar-refractivity contribution < 1.29 is 9.59 Å². The predicted octanol–water partition coefficient (Wildman–Crippen LogP) is 2.35. The van der Waals surface area contributed by atoms with Crippen molar-refractivity contribution in [1.82, 2.24) is 15.2 Å². The van der Waals surface area contributed by atoms with E-state index in [2.05, 4.69) is 10.6 Å². The highest BCUT2D eigenvalue weighted by Gasteiger charge is 2.21. The molecule has 1 aliphatic carbocycles. The van der Waals surface area contributed by atoms with Gasteiger partial charge in [-0.2, -0.15) is 0 Å². The maximum absolute atomic E-state index is 12.8. The van der Waals surface area contributed by atoms with Crippen LogP contribution in [0.15, 0.2) is 42.6 Å². The minimum absolute atomic E-state index is 0.0781. The van der Waals surface area contributed by atoms with Crippen LogP contribution in [0.25, 0.3) is 0 Å². The Morgan fingerprint density at radius 1 is 0.968 bits per heavy atom. The summed E-state index contributed by atoms with van der Waals surface area (Å²) in [5.74, 6) is 0.438. The summed E-state index contributed by atoms with van der Waals surface area (Å²) in [5.41, 5.74) is 14.5. The summed E-state index contributed by atoms with van der Waals surface area (Å²) in [6.45, 7) is 1.49. The van der Waals surface area contributed by atoms with Crippen LogP contribution >= 0.6 is 0 Å². The standard InChI is InChI=1S/C24H35N5O2/c25-14-19-8-10-20(11-9-19)16-28-24(31)22(15-26)29-12-4-7-21(29)17-27-23(30)13-18-5-2-1-3-6-18/h4,7-12,18,22H,1-3,5-6,13-17,25-26H2,(H,27,30)(H,28,31)/t22-/m1/s1. The van der Waals surface area contributed by atoms with Crippen LogP contribution in [0.1, 0.15) is 61.4 Å². The number of nitrogens with zero attached hydrogens (tertiary/aromatic N) is 1. The third-order valence-electron chi connectivity index (χ3n) is 6.12. The van der Waals surface area contributed by atoms with E-state index in [0.29, 0.717) is 32.0 Å². The number of hydrogen-bond acceptors (Lipinski definition) is 4. The van der Waals surface area contributed by atoms with Gasteiger partial charge in [0.1, 0.15) is 6.04 Å². The molecule has 6 N–H and O–H groups in total. The molecule has 0 saturated heterocycles. The number of benzene rings is 1. The molecule has 7 nitrogen and oxygen atoms in total. The summed E-state index contributed by atoms with van der Waals surface area (Å²) in [6, 6.07) is 11.1. The molecule has 0 unspecified atom stereocenters. The lowest BCUT2D eigenvalue weighted by atomic mass is 9.87. The van der Waals surface area contributed by atoms with E-state index in [1.54, 1.807) is 0 Å². The average Bonchev–Trinajstić information content (AvgIpc) is 3.26. The number of amides is 2. The Morgan fingerprint density at radius 3 is 2.35 bits per heavy atom. The molecule has 2 aromatic rings. The molecule has 1 aromatic heterocycles. The van der Waals surface area contributed by atoms with Crippen LogP contribution in [0.2, 0.25) is 0 Å². The Morgan fingerprint density at radius 2 is 1.68 bits per heavy atom. The number of carbonyl (C=O) groups is 2. The lowest BCUT2D eigenvalue weighted by Gasteiger charge is -2.22. The van der Waals surface area contributed by atoms with Crippen molar-refractivity contribution in [1.29, 1.82) is 0 Å². The molecule has 1 aliphatic rings. The van der Waals surface area contributed by atoms with Crippen LogP contribution < -0.4 is 22.1 Å². The number of nitrogens with two attached hydrogens (primary N) is 2. The first kappa shape index (κ1) is 23.0. The monoisotopic (exact) mass is 425 g/mol. The summed E-state index contributed by atoms with van der Waals surface area (Å²) in [7, 11) is 0. The van der Waals surface area contributed by atoms with Gasteiger partial charge in [0.25, 0.3) is 0 Å². The Kier molecular flexibility index (Phi) is 8.67. The van der Waals surface area contributed by atoms with Crippen LogP contribution in [0.3, 0.4) is 0 Å². The molecule has 2 amide bonds. The molecule has 1 atom stereocenters. The molecule has 168 valence electrons. The maximum atomic E-state index is 12.8. The fraction of sp³-hybridized carbons (Fsp3) is 0.500. The van der Waals surface area contributed by atoms with Crippen LogP contribution in [0, 0.1) is 5.92 Å². The van der Waals surface area contributed by atoms with Gasteiger partial charge in [0.15, 0.2) is 0 Å². The van der Waals surface area contributed by atoms with Crippen molar-refractivity contribution >= 4 is 11.8 Å². The van der Waals surface area contributed by atoms with Crippen molar-refractivity contribution in [3.8, 4) is 0 Å². The molecular weight excluding hydrogens is 390 g/mol. The molecule has 1 fully saturated rings. The first-order valence-electron chi connectivity index (χ1n) is 11.3. The van der Waals surface area contributed by atoms with Gasteiger partial charge in [-0.05, 0) is 42.0 Å². The summed E-state index contributed by atoms with van der Waals surface area (Å²) in [6.07, 6.45) is 8.46. The van der Waals surface area contributed by atoms with Gasteiger partial charge in [0, 0.05) is 37.9 Å². The van der Waals surface area contributed by atoms with E-state index in [4.69, 9.17) is 11.5 Å². The van der Waals surface area contributed by atoms with Gasteiger partial charge in [-0.15, -0.1) is 0 Å². The van der Waals surface area contributed by atoms with Gasteiger partial charge >= 0.3 is 0 Å². The van der Waals surface area contributed by atoms with E-state index in [-0.39, 0.29) is 18.4 Å². The zero-order valence-electron chi connectivity index (χ0n) is 18.2. The highest BCUT2D eigenvalue weighted by molar-refractivity contribution is 5.80. The van der Waals surface area contributed by atoms with Crippen molar-refractivity contribution in [2.45, 2.75) is 64.2 Å². The van der Waals surface area contributed by atoms with E-state index in [0.717, 1.165) is 29.7 Å². The second-order valence-corrected chi connectivity index (χ2v) is 8.38. The van der Waals surface area contributed by atoms with Gasteiger partial charge in [-0.3, -0.25) is 9.59 Å². The van der Waals surface area contributed by atoms with Crippen LogP contribution in [0.5, 0.6) is 0 Å². The third kappa shape index (κ3) is 6.67. The van der Waals surface area contributed by atoms with Crippen molar-refractivity contribution in [2.24, 2.45) is 17.4 Å². The van der Waals surface area contributed by atoms with Gasteiger partial charge < -0.3 is 26.7 Å². The minimum Gasteiger partial charge on any atom is -0.351 e. The molecule has 1 heterocycles. The van der Waals surface area contributed by atoms with E-state index in [9.17, 15) is 9.59 Å². The van der Waals surface area contributed by atoms with E-state index >= 15 is 0 Å². The first-order chi connectivity index (χ1) is 15.1. The zero-order valence-corrected chi connectivity index (χ0v) is 18.2. The first-order valence-corrected chi connectivity index (χ1v) is 11.3. The van der Waals surface area contributed by atoms with E-state index in [1.807, 2.05) is 47.2 Å². The van der Waals surface area contributed by atoms with Crippen LogP contribution in [0.4, 0.5) is 0 Å². The number of rotatable bonds is 10. The molecule has 31 heavy (non-hydrogen) atoms. The normalized spacial score (nSPS) is 15.4. The molecule has 7 heteroatoms. The summed E-state index contributed by atoms with van der Waals surface area (Å²) < 4.78 is 1.85. The largest absolute Gasteiger partial charge is 0.351 e. The second kappa shape index (κ2) is 11.7. The Hall–Kier alpha value is -2.64. The van der Waals surface area contributed by atoms with Crippen molar-refractivity contribution in [3.05, 3.63) is 59.4 Å². The predicted molar refractivity (Wildman–Crippen MR) is 122 cm³/mol. The second-order valence-electron chi connectivity index (χ2n) is 8.38. The average molecular weight is 426 g/mol. The fourth-order valence-corrected chi connectivity index (χ4v) is 4.24. The number of hydrogen-bond donors (Lipinski definition) is 4. The fourth-order valence-electron chi connectivity index (χ4n) is 4.24. The van der Waals surface area contributed by atoms with E-state index in [1.165, 1.54) is 19.3 Å². The van der Waals surface area contributed by atoms with E-state index < -0.39 is 6.04 Å². The van der Waals surface area contributed by atoms with Crippen LogP contribution in [-0.4, -0.2) is 22.9 Å². The number of carbonyl (C=O) groups excluding carboxylic acids is 2. The smallest absolute Gasteiger partial charge is 0.244 e. The Bertz CT molecular complexity index is 840. The molecular formula is C24H35N5O2. The van der Waals surface area contributed by atoms with Gasteiger partial charge in [0.05, 0.1) is 6.54 Å². The molecule has 1 aromatic carbocycles. The van der Waals surface area contributed by atoms with Gasteiger partial charge in [-0.25, -0.2) is 0 Å². The summed E-state index contributed by atoms with van der Waals surface area (Å²) in [4.78, 5) is 25.2. The quantitative estimate of drug-likeness (QED) is 0.468. The van der Waals surface area contributed by atoms with Gasteiger partial charge in [0.2, 0.25) is 11.8 Å². The SMILES string of the molecule is NCc1ccc(CNC(=O)[C@@H](CN)n2cccc2CNC(=O)CC2CCCCC2)cc1. The summed E-state index contributed by atoms with van der Waals surface area (Å²) >= 11 is 0. The topological polar surface area (TPSA) is 115 Å². The molecule has 0 bridgehead atoms. The number of aromatic nitrogens is 1. The van der Waals surface area contributed by atoms with Crippen LogP contribution in [-0.2, 0) is 29.2 Å². The molecule has 1 saturated carbocycles. The Labute approximate surface area is 184 Å². The molecule has 3 rings (SSSR count). The lowest BCUT2D eigenvalue weighted by Crippen LogP contribution is -2.37. The van der Waals surface area contributed by atoms with Gasteiger partial charge in [-0.1, -0.05) is 43.5 Å². The molecule has 0 aliphatic heterocycles. The molecule has 0 radical (unpaired) electrons. The molecule has 0 spiro atoms. The minimum atomic E-state index is -0.524. The highest BCUT2D eigenvalue weighted by atomic mass is 16.2. The lowest BCUT2D eigenvalue weighted by molar-refractivity contribution is -0.124. The van der Waals surface area contributed by atoms with Crippen molar-refractivity contribution in [3.63, 3.8) is 0 Å².